The molecular weight excluding hydrogens is 200 g/mol. The molecule has 4 nitrogen and oxygen atoms in total. The topological polar surface area (TPSA) is 42.7 Å². The largest absolute Gasteiger partial charge is 0.308 e. The molecule has 0 saturated heterocycles. The third-order valence-corrected chi connectivity index (χ3v) is 3.17. The molecule has 1 aromatic heterocycles. The van der Waals surface area contributed by atoms with Crippen LogP contribution in [0.2, 0.25) is 0 Å². The number of hydrogen-bond donors (Lipinski definition) is 1. The summed E-state index contributed by atoms with van der Waals surface area (Å²) in [6.07, 6.45) is 7.37. The summed E-state index contributed by atoms with van der Waals surface area (Å²) in [5, 5.41) is 7.82. The summed E-state index contributed by atoms with van der Waals surface area (Å²) < 4.78 is 2.01. The van der Waals surface area contributed by atoms with Gasteiger partial charge in [-0.15, -0.1) is 0 Å². The van der Waals surface area contributed by atoms with Crippen LogP contribution in [0.4, 0.5) is 0 Å². The van der Waals surface area contributed by atoms with Crippen LogP contribution in [0.5, 0.6) is 0 Å². The maximum Gasteiger partial charge on any atom is 0.164 e. The molecule has 16 heavy (non-hydrogen) atoms. The van der Waals surface area contributed by atoms with Gasteiger partial charge in [0.2, 0.25) is 0 Å². The second-order valence-corrected chi connectivity index (χ2v) is 5.07. The summed E-state index contributed by atoms with van der Waals surface area (Å²) in [6, 6.07) is 0.488. The Bertz CT molecular complexity index is 313. The maximum absolute atomic E-state index is 4.49. The first-order chi connectivity index (χ1) is 7.74. The highest BCUT2D eigenvalue weighted by molar-refractivity contribution is 4.82. The predicted molar refractivity (Wildman–Crippen MR) is 64.0 cm³/mol. The molecule has 0 amide bonds. The van der Waals surface area contributed by atoms with E-state index in [-0.39, 0.29) is 0 Å². The van der Waals surface area contributed by atoms with E-state index < -0.39 is 0 Å². The quantitative estimate of drug-likeness (QED) is 0.828. The van der Waals surface area contributed by atoms with Crippen LogP contribution in [0.1, 0.15) is 45.4 Å². The molecule has 0 aliphatic heterocycles. The lowest BCUT2D eigenvalue weighted by atomic mass is 10.1. The van der Waals surface area contributed by atoms with Gasteiger partial charge in [0.05, 0.1) is 6.54 Å². The molecule has 1 aliphatic carbocycles. The fourth-order valence-corrected chi connectivity index (χ4v) is 2.26. The average molecular weight is 222 g/mol. The summed E-state index contributed by atoms with van der Waals surface area (Å²) in [5.74, 6) is 1.74. The highest BCUT2D eigenvalue weighted by Crippen LogP contribution is 2.25. The van der Waals surface area contributed by atoms with Gasteiger partial charge in [-0.3, -0.25) is 4.68 Å². The molecule has 1 fully saturated rings. The van der Waals surface area contributed by atoms with Gasteiger partial charge in [-0.2, -0.15) is 5.10 Å². The SMILES string of the molecule is CC(C)NCc1ncn(CC2CCCC2)n1. The number of nitrogens with one attached hydrogen (secondary N) is 1. The highest BCUT2D eigenvalue weighted by atomic mass is 15.3. The first kappa shape index (κ1) is 11.6. The van der Waals surface area contributed by atoms with Crippen LogP contribution in [-0.4, -0.2) is 20.8 Å². The monoisotopic (exact) mass is 222 g/mol. The molecule has 1 saturated carbocycles. The number of rotatable bonds is 5. The van der Waals surface area contributed by atoms with Gasteiger partial charge in [-0.1, -0.05) is 26.7 Å². The Morgan fingerprint density at radius 2 is 2.19 bits per heavy atom. The number of hydrogen-bond acceptors (Lipinski definition) is 3. The summed E-state index contributed by atoms with van der Waals surface area (Å²) in [7, 11) is 0. The zero-order valence-electron chi connectivity index (χ0n) is 10.3. The zero-order valence-corrected chi connectivity index (χ0v) is 10.3. The summed E-state index contributed by atoms with van der Waals surface area (Å²) in [5.41, 5.74) is 0. The second kappa shape index (κ2) is 5.43. The van der Waals surface area contributed by atoms with Crippen LogP contribution in [-0.2, 0) is 13.1 Å². The smallest absolute Gasteiger partial charge is 0.164 e. The van der Waals surface area contributed by atoms with Crippen molar-refractivity contribution >= 4 is 0 Å². The Hall–Kier alpha value is -0.900. The van der Waals surface area contributed by atoms with E-state index in [1.165, 1.54) is 25.7 Å². The number of aromatic nitrogens is 3. The fourth-order valence-electron chi connectivity index (χ4n) is 2.26. The molecule has 1 N–H and O–H groups in total. The van der Waals surface area contributed by atoms with Gasteiger partial charge in [-0.25, -0.2) is 4.98 Å². The molecule has 1 aliphatic rings. The van der Waals surface area contributed by atoms with Crippen molar-refractivity contribution in [1.82, 2.24) is 20.1 Å². The Kier molecular flexibility index (Phi) is 3.93. The van der Waals surface area contributed by atoms with E-state index in [4.69, 9.17) is 0 Å². The van der Waals surface area contributed by atoms with Gasteiger partial charge in [-0.05, 0) is 18.8 Å². The summed E-state index contributed by atoms with van der Waals surface area (Å²) >= 11 is 0. The predicted octanol–water partition coefficient (Wildman–Crippen LogP) is 1.97. The van der Waals surface area contributed by atoms with Crippen LogP contribution in [0.15, 0.2) is 6.33 Å². The van der Waals surface area contributed by atoms with Crippen molar-refractivity contribution < 1.29 is 0 Å². The lowest BCUT2D eigenvalue weighted by Gasteiger charge is -2.07. The van der Waals surface area contributed by atoms with Gasteiger partial charge >= 0.3 is 0 Å². The van der Waals surface area contributed by atoms with E-state index in [0.717, 1.165) is 24.8 Å². The van der Waals surface area contributed by atoms with Gasteiger partial charge in [0.1, 0.15) is 6.33 Å². The lowest BCUT2D eigenvalue weighted by Crippen LogP contribution is -2.22. The Labute approximate surface area is 97.5 Å². The van der Waals surface area contributed by atoms with E-state index in [1.54, 1.807) is 0 Å². The van der Waals surface area contributed by atoms with Crippen molar-refractivity contribution in [1.29, 1.82) is 0 Å². The highest BCUT2D eigenvalue weighted by Gasteiger charge is 2.16. The second-order valence-electron chi connectivity index (χ2n) is 5.07. The molecule has 2 rings (SSSR count). The summed E-state index contributed by atoms with van der Waals surface area (Å²) in [4.78, 5) is 4.32. The molecule has 0 aromatic carbocycles. The lowest BCUT2D eigenvalue weighted by molar-refractivity contribution is 0.425. The summed E-state index contributed by atoms with van der Waals surface area (Å²) in [6.45, 7) is 6.09. The standard InChI is InChI=1S/C12H22N4/c1-10(2)13-7-12-14-9-16(15-12)8-11-5-3-4-6-11/h9-11,13H,3-8H2,1-2H3. The van der Waals surface area contributed by atoms with Crippen molar-refractivity contribution in [3.05, 3.63) is 12.2 Å². The van der Waals surface area contributed by atoms with Crippen LogP contribution in [0.3, 0.4) is 0 Å². The van der Waals surface area contributed by atoms with E-state index in [2.05, 4.69) is 29.2 Å². The van der Waals surface area contributed by atoms with E-state index in [9.17, 15) is 0 Å². The molecule has 0 bridgehead atoms. The molecular formula is C12H22N4. The molecule has 1 heterocycles. The molecule has 0 unspecified atom stereocenters. The molecule has 90 valence electrons. The Morgan fingerprint density at radius 1 is 1.44 bits per heavy atom. The van der Waals surface area contributed by atoms with Gasteiger partial charge in [0, 0.05) is 12.6 Å². The Morgan fingerprint density at radius 3 is 2.88 bits per heavy atom. The fraction of sp³-hybridized carbons (Fsp3) is 0.833. The third kappa shape index (κ3) is 3.30. The molecule has 0 atom stereocenters. The van der Waals surface area contributed by atoms with Crippen LogP contribution in [0.25, 0.3) is 0 Å². The minimum atomic E-state index is 0.488. The van der Waals surface area contributed by atoms with Crippen molar-refractivity contribution in [2.45, 2.75) is 58.7 Å². The van der Waals surface area contributed by atoms with Crippen molar-refractivity contribution in [3.63, 3.8) is 0 Å². The normalized spacial score (nSPS) is 17.4. The van der Waals surface area contributed by atoms with Crippen LogP contribution < -0.4 is 5.32 Å². The van der Waals surface area contributed by atoms with E-state index >= 15 is 0 Å². The molecule has 4 heteroatoms. The number of nitrogens with zero attached hydrogens (tertiary/aromatic N) is 3. The van der Waals surface area contributed by atoms with Gasteiger partial charge in [0.15, 0.2) is 5.82 Å². The molecule has 0 spiro atoms. The zero-order chi connectivity index (χ0) is 11.4. The van der Waals surface area contributed by atoms with Crippen LogP contribution in [0, 0.1) is 5.92 Å². The first-order valence-electron chi connectivity index (χ1n) is 6.36. The minimum Gasteiger partial charge on any atom is -0.308 e. The van der Waals surface area contributed by atoms with Crippen LogP contribution >= 0.6 is 0 Å². The van der Waals surface area contributed by atoms with Crippen molar-refractivity contribution in [3.8, 4) is 0 Å². The van der Waals surface area contributed by atoms with E-state index in [0.29, 0.717) is 6.04 Å². The molecule has 1 aromatic rings. The maximum atomic E-state index is 4.49. The van der Waals surface area contributed by atoms with Gasteiger partial charge in [0.25, 0.3) is 0 Å². The Balaban J connectivity index is 1.81. The third-order valence-electron chi connectivity index (χ3n) is 3.17. The van der Waals surface area contributed by atoms with Crippen molar-refractivity contribution in [2.24, 2.45) is 5.92 Å². The molecule has 0 radical (unpaired) electrons. The first-order valence-corrected chi connectivity index (χ1v) is 6.36. The van der Waals surface area contributed by atoms with Gasteiger partial charge < -0.3 is 5.32 Å². The average Bonchev–Trinajstić information content (AvgIpc) is 2.87. The van der Waals surface area contributed by atoms with Crippen molar-refractivity contribution in [2.75, 3.05) is 0 Å². The minimum absolute atomic E-state index is 0.488. The van der Waals surface area contributed by atoms with E-state index in [1.807, 2.05) is 11.0 Å².